The minimum atomic E-state index is -4.23. The summed E-state index contributed by atoms with van der Waals surface area (Å²) in [7, 11) is 0. The van der Waals surface area contributed by atoms with Gasteiger partial charge >= 0.3 is 0 Å². The van der Waals surface area contributed by atoms with Gasteiger partial charge in [-0.2, -0.15) is 0 Å². The molecule has 9 rings (SSSR count). The van der Waals surface area contributed by atoms with Gasteiger partial charge in [-0.1, -0.05) is 177 Å². The first-order valence-electron chi connectivity index (χ1n) is 31.5. The summed E-state index contributed by atoms with van der Waals surface area (Å²) in [5, 5.41) is 13.0. The van der Waals surface area contributed by atoms with E-state index in [2.05, 4.69) is 0 Å². The lowest BCUT2D eigenvalue weighted by Crippen LogP contribution is -2.17. The van der Waals surface area contributed by atoms with Crippen LogP contribution in [0.15, 0.2) is 170 Å². The largest absolute Gasteiger partial charge is 0.507 e. The highest BCUT2D eigenvalue weighted by molar-refractivity contribution is 5.97. The van der Waals surface area contributed by atoms with Crippen LogP contribution in [0, 0.1) is 6.85 Å². The Hall–Kier alpha value is -7.04. The van der Waals surface area contributed by atoms with Crippen molar-refractivity contribution in [2.75, 3.05) is 0 Å². The molecule has 1 N–H and O–H groups in total. The zero-order chi connectivity index (χ0) is 63.3. The monoisotopic (exact) mass is 871 g/mol. The molecule has 0 aliphatic carbocycles. The number of aryl methyl sites for hydroxylation is 1. The normalized spacial score (nSPS) is 18.4. The molecular weight excluding hydrogens is 791 g/mol. The molecule has 4 nitrogen and oxygen atoms in total. The van der Waals surface area contributed by atoms with Crippen LogP contribution in [0.3, 0.4) is 0 Å². The fraction of sp³-hybridized carbons (Fsp3) is 0.213. The number of para-hydroxylation sites is 1. The molecule has 0 unspecified atom stereocenters. The molecule has 0 aliphatic rings. The lowest BCUT2D eigenvalue weighted by atomic mass is 9.79. The second kappa shape index (κ2) is 16.5. The highest BCUT2D eigenvalue weighted by Crippen LogP contribution is 2.45. The molecular formula is C61H59N3O. The van der Waals surface area contributed by atoms with Crippen molar-refractivity contribution in [3.05, 3.63) is 192 Å². The standard InChI is InChI=1S/C61H59N3O/c1-39-32-44(41-20-15-12-16-21-41)28-29-54(39)64-55-23-17-22-50(56(55)63-58(64)51-37-49(60(5,6)7)38-52(57(51)65)61(8,9)10)46-33-47(35-48(34-46)59(2,3)4)53-36-45(30-31-62-53)43-26-24-42(25-27-43)40-18-13-11-14-19-40/h11-38,65H,1-10H3/i1D3,5D3,6D3,7D3,8D3,9D3,10D3. The third-order valence-corrected chi connectivity index (χ3v) is 11.7. The summed E-state index contributed by atoms with van der Waals surface area (Å²) in [5.74, 6) is -2.13. The molecule has 0 radical (unpaired) electrons. The minimum absolute atomic E-state index is 0.0113. The van der Waals surface area contributed by atoms with Crippen molar-refractivity contribution >= 4 is 11.0 Å². The van der Waals surface area contributed by atoms with Gasteiger partial charge < -0.3 is 5.11 Å². The first-order chi connectivity index (χ1) is 39.6. The maximum absolute atomic E-state index is 13.0. The number of hydrogen-bond donors (Lipinski definition) is 1. The van der Waals surface area contributed by atoms with Crippen molar-refractivity contribution in [2.24, 2.45) is 0 Å². The molecule has 2 heterocycles. The molecule has 324 valence electrons. The van der Waals surface area contributed by atoms with Crippen LogP contribution < -0.4 is 0 Å². The summed E-state index contributed by atoms with van der Waals surface area (Å²) >= 11 is 0. The molecule has 0 atom stereocenters. The number of imidazole rings is 1. The van der Waals surface area contributed by atoms with Crippen LogP contribution in [0.1, 0.15) is 113 Å². The number of phenolic OH excluding ortho intramolecular Hbond substituents is 1. The van der Waals surface area contributed by atoms with Gasteiger partial charge in [-0.25, -0.2) is 4.98 Å². The quantitative estimate of drug-likeness (QED) is 0.174. The van der Waals surface area contributed by atoms with Gasteiger partial charge in [-0.05, 0) is 127 Å². The van der Waals surface area contributed by atoms with E-state index in [1.54, 1.807) is 54.7 Å². The molecule has 9 aromatic rings. The summed E-state index contributed by atoms with van der Waals surface area (Å²) < 4.78 is 186. The Labute approximate surface area is 414 Å². The van der Waals surface area contributed by atoms with Gasteiger partial charge in [0.05, 0.1) is 28.0 Å². The van der Waals surface area contributed by atoms with Crippen LogP contribution in [0.5, 0.6) is 5.75 Å². The number of nitrogens with zero attached hydrogens (tertiary/aromatic N) is 3. The number of benzene rings is 7. The Kier molecular flexibility index (Phi) is 6.31. The topological polar surface area (TPSA) is 50.9 Å². The summed E-state index contributed by atoms with van der Waals surface area (Å²) in [5.41, 5.74) is -5.49. The first kappa shape index (κ1) is 24.9. The molecule has 0 saturated heterocycles. The smallest absolute Gasteiger partial charge is 0.149 e. The molecule has 0 amide bonds. The molecule has 0 fully saturated rings. The maximum Gasteiger partial charge on any atom is 0.149 e. The molecule has 0 spiro atoms. The third-order valence-electron chi connectivity index (χ3n) is 11.7. The van der Waals surface area contributed by atoms with Crippen molar-refractivity contribution < 1.29 is 33.9 Å². The fourth-order valence-electron chi connectivity index (χ4n) is 8.22. The van der Waals surface area contributed by atoms with Gasteiger partial charge in [-0.3, -0.25) is 9.55 Å². The number of fused-ring (bicyclic) bond motifs is 1. The Balaban J connectivity index is 1.43. The Morgan fingerprint density at radius 1 is 0.492 bits per heavy atom. The summed E-state index contributed by atoms with van der Waals surface area (Å²) in [4.78, 5) is 9.86. The molecule has 0 bridgehead atoms. The lowest BCUT2D eigenvalue weighted by molar-refractivity contribution is 0.446. The zero-order valence-electron chi connectivity index (χ0n) is 57.0. The van der Waals surface area contributed by atoms with E-state index in [-0.39, 0.29) is 28.4 Å². The number of hydrogen-bond acceptors (Lipinski definition) is 3. The van der Waals surface area contributed by atoms with Crippen molar-refractivity contribution in [3.8, 4) is 78.6 Å². The molecule has 0 aliphatic heterocycles. The SMILES string of the molecule is [2H]C([2H])([2H])c1cc(-c2ccccc2)ccc1-n1c(-c2cc(C(C([2H])([2H])[2H])(C([2H])([2H])[2H])C([2H])([2H])[2H])cc(C(C([2H])([2H])[2H])(C([2H])([2H])[2H])C([2H])([2H])[2H])c2O)nc2c(-c3cc(-c4cc(-c5ccc(-c6ccccc6)cc5)ccn4)cc(C(C)(C)C)c3)cccc21. The Morgan fingerprint density at radius 3 is 1.75 bits per heavy atom. The third kappa shape index (κ3) is 8.54. The van der Waals surface area contributed by atoms with Gasteiger partial charge in [0.15, 0.2) is 0 Å². The lowest BCUT2D eigenvalue weighted by Gasteiger charge is -2.27. The molecule has 65 heavy (non-hydrogen) atoms. The Morgan fingerprint density at radius 2 is 1.09 bits per heavy atom. The van der Waals surface area contributed by atoms with E-state index in [1.807, 2.05) is 106 Å². The Bertz CT molecular complexity index is 3920. The van der Waals surface area contributed by atoms with E-state index in [9.17, 15) is 5.11 Å². The van der Waals surface area contributed by atoms with Crippen LogP contribution >= 0.6 is 0 Å². The number of pyridine rings is 1. The van der Waals surface area contributed by atoms with E-state index < -0.39 is 92.5 Å². The number of aromatic nitrogens is 3. The fourth-order valence-corrected chi connectivity index (χ4v) is 8.22. The maximum atomic E-state index is 13.0. The number of rotatable bonds is 7. The van der Waals surface area contributed by atoms with E-state index in [4.69, 9.17) is 38.8 Å². The van der Waals surface area contributed by atoms with E-state index >= 15 is 0 Å². The predicted octanol–water partition coefficient (Wildman–Crippen LogP) is 16.3. The molecule has 4 heteroatoms. The molecule has 0 saturated carbocycles. The summed E-state index contributed by atoms with van der Waals surface area (Å²) in [6, 6.07) is 46.3. The first-order valence-corrected chi connectivity index (χ1v) is 21.0. The second-order valence-corrected chi connectivity index (χ2v) is 17.4. The van der Waals surface area contributed by atoms with Crippen LogP contribution in [-0.2, 0) is 16.2 Å². The minimum Gasteiger partial charge on any atom is -0.507 e. The molecule has 7 aromatic carbocycles. The van der Waals surface area contributed by atoms with E-state index in [0.29, 0.717) is 39.6 Å². The highest BCUT2D eigenvalue weighted by Gasteiger charge is 2.29. The van der Waals surface area contributed by atoms with Crippen molar-refractivity contribution in [2.45, 2.75) is 85.0 Å². The van der Waals surface area contributed by atoms with Crippen LogP contribution in [0.4, 0.5) is 0 Å². The second-order valence-electron chi connectivity index (χ2n) is 17.4. The summed E-state index contributed by atoms with van der Waals surface area (Å²) in [6.07, 6.45) is 1.69. The molecule has 2 aromatic heterocycles. The van der Waals surface area contributed by atoms with Crippen LogP contribution in [-0.4, -0.2) is 19.6 Å². The zero-order valence-corrected chi connectivity index (χ0v) is 36.0. The highest BCUT2D eigenvalue weighted by atomic mass is 16.3. The number of aromatic hydroxyl groups is 1. The van der Waals surface area contributed by atoms with Crippen molar-refractivity contribution in [1.82, 2.24) is 14.5 Å². The van der Waals surface area contributed by atoms with Crippen molar-refractivity contribution in [3.63, 3.8) is 0 Å². The van der Waals surface area contributed by atoms with Gasteiger partial charge in [0, 0.05) is 51.7 Å². The number of phenols is 1. The average molecular weight is 871 g/mol. The van der Waals surface area contributed by atoms with Crippen molar-refractivity contribution in [1.29, 1.82) is 0 Å². The van der Waals surface area contributed by atoms with Gasteiger partial charge in [0.1, 0.15) is 11.6 Å². The average Bonchev–Trinajstić information content (AvgIpc) is 0.834. The summed E-state index contributed by atoms with van der Waals surface area (Å²) in [6.45, 7) is -22.0. The van der Waals surface area contributed by atoms with E-state index in [0.717, 1.165) is 27.8 Å². The van der Waals surface area contributed by atoms with Gasteiger partial charge in [0.2, 0.25) is 0 Å². The van der Waals surface area contributed by atoms with E-state index in [1.165, 1.54) is 22.8 Å². The van der Waals surface area contributed by atoms with Crippen LogP contribution in [0.2, 0.25) is 0 Å². The van der Waals surface area contributed by atoms with Crippen LogP contribution in [0.25, 0.3) is 83.9 Å². The van der Waals surface area contributed by atoms with Gasteiger partial charge in [-0.15, -0.1) is 0 Å². The van der Waals surface area contributed by atoms with Gasteiger partial charge in [0.25, 0.3) is 0 Å². The predicted molar refractivity (Wildman–Crippen MR) is 274 cm³/mol.